The van der Waals surface area contributed by atoms with Crippen molar-refractivity contribution >= 4 is 11.8 Å². The maximum absolute atomic E-state index is 9.41. The van der Waals surface area contributed by atoms with Gasteiger partial charge in [0.15, 0.2) is 0 Å². The first-order valence-corrected chi connectivity index (χ1v) is 7.67. The molecule has 2 atom stereocenters. The van der Waals surface area contributed by atoms with E-state index in [4.69, 9.17) is 5.73 Å². The third-order valence-electron chi connectivity index (χ3n) is 3.03. The first kappa shape index (κ1) is 15.5. The fourth-order valence-electron chi connectivity index (χ4n) is 2.19. The van der Waals surface area contributed by atoms with Crippen LogP contribution in [0, 0.1) is 13.8 Å². The summed E-state index contributed by atoms with van der Waals surface area (Å²) in [6.45, 7) is 6.53. The maximum Gasteiger partial charge on any atom is 0.0565 e. The minimum Gasteiger partial charge on any atom is -0.395 e. The van der Waals surface area contributed by atoms with Crippen LogP contribution in [0.5, 0.6) is 0 Å². The summed E-state index contributed by atoms with van der Waals surface area (Å²) in [5, 5.41) is 9.55. The van der Waals surface area contributed by atoms with Crippen LogP contribution in [0.4, 0.5) is 0 Å². The van der Waals surface area contributed by atoms with Crippen molar-refractivity contribution in [3.05, 3.63) is 34.9 Å². The molecule has 1 aromatic carbocycles. The van der Waals surface area contributed by atoms with Gasteiger partial charge in [-0.05, 0) is 25.8 Å². The van der Waals surface area contributed by atoms with Gasteiger partial charge in [-0.15, -0.1) is 11.8 Å². The second kappa shape index (κ2) is 7.82. The number of aryl methyl sites for hydroxylation is 2. The van der Waals surface area contributed by atoms with Crippen LogP contribution in [0.2, 0.25) is 0 Å². The van der Waals surface area contributed by atoms with Crippen LogP contribution in [0.25, 0.3) is 0 Å². The van der Waals surface area contributed by atoms with Crippen LogP contribution in [0.15, 0.2) is 18.2 Å². The van der Waals surface area contributed by atoms with Crippen molar-refractivity contribution in [3.63, 3.8) is 0 Å². The van der Waals surface area contributed by atoms with Crippen LogP contribution in [-0.2, 0) is 5.75 Å². The molecule has 3 heteroatoms. The molecule has 0 aromatic heterocycles. The van der Waals surface area contributed by atoms with Crippen molar-refractivity contribution in [1.29, 1.82) is 0 Å². The molecule has 3 N–H and O–H groups in total. The molecule has 18 heavy (non-hydrogen) atoms. The van der Waals surface area contributed by atoms with Gasteiger partial charge in [-0.3, -0.25) is 0 Å². The number of rotatable bonds is 7. The summed E-state index contributed by atoms with van der Waals surface area (Å²) in [6, 6.07) is 6.69. The van der Waals surface area contributed by atoms with Crippen molar-refractivity contribution in [1.82, 2.24) is 0 Å². The molecule has 0 bridgehead atoms. The van der Waals surface area contributed by atoms with Gasteiger partial charge in [0.1, 0.15) is 0 Å². The molecule has 0 radical (unpaired) electrons. The van der Waals surface area contributed by atoms with Gasteiger partial charge in [-0.25, -0.2) is 0 Å². The van der Waals surface area contributed by atoms with E-state index in [1.54, 1.807) is 11.8 Å². The van der Waals surface area contributed by atoms with Crippen molar-refractivity contribution in [2.24, 2.45) is 5.73 Å². The monoisotopic (exact) mass is 267 g/mol. The first-order valence-electron chi connectivity index (χ1n) is 6.62. The minimum absolute atomic E-state index is 0.0934. The molecule has 0 saturated heterocycles. The fraction of sp³-hybridized carbons (Fsp3) is 0.600. The number of hydrogen-bond acceptors (Lipinski definition) is 3. The Morgan fingerprint density at radius 2 is 1.83 bits per heavy atom. The molecule has 1 rings (SSSR count). The summed E-state index contributed by atoms with van der Waals surface area (Å²) < 4.78 is 0. The van der Waals surface area contributed by atoms with E-state index in [9.17, 15) is 5.11 Å². The fourth-order valence-corrected chi connectivity index (χ4v) is 3.25. The van der Waals surface area contributed by atoms with Gasteiger partial charge in [0.2, 0.25) is 0 Å². The number of benzene rings is 1. The molecule has 2 unspecified atom stereocenters. The van der Waals surface area contributed by atoms with Crippen molar-refractivity contribution < 1.29 is 5.11 Å². The van der Waals surface area contributed by atoms with E-state index in [0.29, 0.717) is 0 Å². The zero-order chi connectivity index (χ0) is 13.5. The number of aliphatic hydroxyl groups excluding tert-OH is 1. The molecule has 0 aliphatic carbocycles. The molecule has 0 saturated carbocycles. The van der Waals surface area contributed by atoms with E-state index in [1.807, 2.05) is 0 Å². The normalized spacial score (nSPS) is 14.5. The molecule has 0 heterocycles. The third kappa shape index (κ3) is 5.01. The molecule has 2 nitrogen and oxygen atoms in total. The molecule has 0 amide bonds. The zero-order valence-corrected chi connectivity index (χ0v) is 12.5. The maximum atomic E-state index is 9.41. The second-order valence-electron chi connectivity index (χ2n) is 4.98. The predicted molar refractivity (Wildman–Crippen MR) is 81.0 cm³/mol. The largest absolute Gasteiger partial charge is 0.395 e. The summed E-state index contributed by atoms with van der Waals surface area (Å²) >= 11 is 1.77. The van der Waals surface area contributed by atoms with Crippen molar-refractivity contribution in [2.75, 3.05) is 6.61 Å². The first-order chi connectivity index (χ1) is 8.56. The molecule has 1 aromatic rings. The summed E-state index contributed by atoms with van der Waals surface area (Å²) in [7, 11) is 0. The van der Waals surface area contributed by atoms with Crippen LogP contribution in [-0.4, -0.2) is 23.0 Å². The van der Waals surface area contributed by atoms with Gasteiger partial charge < -0.3 is 10.8 Å². The summed E-state index contributed by atoms with van der Waals surface area (Å²) in [6.07, 6.45) is 2.05. The summed E-state index contributed by atoms with van der Waals surface area (Å²) in [4.78, 5) is 0. The van der Waals surface area contributed by atoms with Gasteiger partial charge in [-0.2, -0.15) is 0 Å². The summed E-state index contributed by atoms with van der Waals surface area (Å²) in [5.41, 5.74) is 9.99. The van der Waals surface area contributed by atoms with Crippen molar-refractivity contribution in [3.8, 4) is 0 Å². The number of aliphatic hydroxyl groups is 1. The van der Waals surface area contributed by atoms with Gasteiger partial charge >= 0.3 is 0 Å². The molecule has 0 fully saturated rings. The average Bonchev–Trinajstić information content (AvgIpc) is 2.29. The average molecular weight is 267 g/mol. The van der Waals surface area contributed by atoms with Crippen molar-refractivity contribution in [2.45, 2.75) is 50.7 Å². The molecule has 0 aliphatic heterocycles. The topological polar surface area (TPSA) is 46.2 Å². The van der Waals surface area contributed by atoms with Gasteiger partial charge in [-0.1, -0.05) is 42.7 Å². The highest BCUT2D eigenvalue weighted by Crippen LogP contribution is 2.22. The second-order valence-corrected chi connectivity index (χ2v) is 6.21. The number of nitrogens with two attached hydrogens (primary N) is 1. The highest BCUT2D eigenvalue weighted by Gasteiger charge is 2.16. The SMILES string of the molecule is CCCC(N)C(CO)SCc1cc(C)cc(C)c1. The van der Waals surface area contributed by atoms with E-state index in [0.717, 1.165) is 18.6 Å². The Morgan fingerprint density at radius 1 is 1.22 bits per heavy atom. The van der Waals surface area contributed by atoms with E-state index in [-0.39, 0.29) is 17.9 Å². The van der Waals surface area contributed by atoms with E-state index >= 15 is 0 Å². The lowest BCUT2D eigenvalue weighted by Gasteiger charge is -2.21. The van der Waals surface area contributed by atoms with Crippen LogP contribution in [0.1, 0.15) is 36.5 Å². The third-order valence-corrected chi connectivity index (χ3v) is 4.45. The van der Waals surface area contributed by atoms with Gasteiger partial charge in [0, 0.05) is 17.0 Å². The predicted octanol–water partition coefficient (Wildman–Crippen LogP) is 3.02. The van der Waals surface area contributed by atoms with Gasteiger partial charge in [0.05, 0.1) is 6.61 Å². The molecule has 102 valence electrons. The Labute approximate surface area is 115 Å². The van der Waals surface area contributed by atoms with Crippen LogP contribution >= 0.6 is 11.8 Å². The minimum atomic E-state index is 0.0934. The molecular weight excluding hydrogens is 242 g/mol. The van der Waals surface area contributed by atoms with Crippen LogP contribution in [0.3, 0.4) is 0 Å². The summed E-state index contributed by atoms with van der Waals surface area (Å²) in [5.74, 6) is 0.922. The highest BCUT2D eigenvalue weighted by atomic mass is 32.2. The lowest BCUT2D eigenvalue weighted by molar-refractivity contribution is 0.279. The number of hydrogen-bond donors (Lipinski definition) is 2. The quantitative estimate of drug-likeness (QED) is 0.798. The Bertz CT molecular complexity index is 347. The standard InChI is InChI=1S/C15H25NOS/c1-4-5-14(16)15(9-17)18-10-13-7-11(2)6-12(3)8-13/h6-8,14-15,17H,4-5,9-10,16H2,1-3H3. The molecule has 0 aliphatic rings. The Morgan fingerprint density at radius 3 is 2.33 bits per heavy atom. The molecule has 0 spiro atoms. The highest BCUT2D eigenvalue weighted by molar-refractivity contribution is 7.99. The Balaban J connectivity index is 2.56. The Kier molecular flexibility index (Phi) is 6.76. The smallest absolute Gasteiger partial charge is 0.0565 e. The zero-order valence-electron chi connectivity index (χ0n) is 11.6. The molecular formula is C15H25NOS. The Hall–Kier alpha value is -0.510. The van der Waals surface area contributed by atoms with Gasteiger partial charge in [0.25, 0.3) is 0 Å². The van der Waals surface area contributed by atoms with Crippen LogP contribution < -0.4 is 5.73 Å². The lowest BCUT2D eigenvalue weighted by atomic mass is 10.1. The van der Waals surface area contributed by atoms with E-state index in [2.05, 4.69) is 39.0 Å². The van der Waals surface area contributed by atoms with E-state index in [1.165, 1.54) is 16.7 Å². The van der Waals surface area contributed by atoms with E-state index < -0.39 is 0 Å². The number of thioether (sulfide) groups is 1. The lowest BCUT2D eigenvalue weighted by Crippen LogP contribution is -2.34.